The molecule has 1 rings (SSSR count). The van der Waals surface area contributed by atoms with Crippen LogP contribution in [0.1, 0.15) is 58.8 Å². The van der Waals surface area contributed by atoms with Gasteiger partial charge in [-0.3, -0.25) is 9.18 Å². The van der Waals surface area contributed by atoms with Crippen LogP contribution in [0, 0.1) is 11.3 Å². The van der Waals surface area contributed by atoms with Crippen molar-refractivity contribution < 1.29 is 14.3 Å². The van der Waals surface area contributed by atoms with Crippen LogP contribution < -0.4 is 0 Å². The summed E-state index contributed by atoms with van der Waals surface area (Å²) in [5, 5.41) is 9.90. The molecular formula is C15H25FO2. The van der Waals surface area contributed by atoms with Crippen molar-refractivity contribution in [1.82, 2.24) is 0 Å². The van der Waals surface area contributed by atoms with E-state index in [0.717, 1.165) is 25.7 Å². The van der Waals surface area contributed by atoms with Gasteiger partial charge >= 0.3 is 0 Å². The Morgan fingerprint density at radius 2 is 1.89 bits per heavy atom. The van der Waals surface area contributed by atoms with Crippen LogP contribution in [0.2, 0.25) is 0 Å². The minimum atomic E-state index is -0.651. The molecular weight excluding hydrogens is 231 g/mol. The Bertz CT molecular complexity index is 296. The largest absolute Gasteiger partial charge is 0.512 e. The molecule has 0 aromatic carbocycles. The van der Waals surface area contributed by atoms with Gasteiger partial charge in [-0.15, -0.1) is 0 Å². The quantitative estimate of drug-likeness (QED) is 0.566. The van der Waals surface area contributed by atoms with E-state index in [1.54, 1.807) is 0 Å². The first-order valence-corrected chi connectivity index (χ1v) is 7.06. The maximum atomic E-state index is 12.0. The highest BCUT2D eigenvalue weighted by molar-refractivity contribution is 5.90. The van der Waals surface area contributed by atoms with E-state index in [4.69, 9.17) is 0 Å². The number of hydrogen-bond donors (Lipinski definition) is 1. The molecule has 2 nitrogen and oxygen atoms in total. The number of halogens is 1. The summed E-state index contributed by atoms with van der Waals surface area (Å²) in [6.07, 6.45) is 7.57. The number of hydrogen-bond acceptors (Lipinski definition) is 2. The van der Waals surface area contributed by atoms with Gasteiger partial charge in [0.25, 0.3) is 0 Å². The number of carbonyl (C=O) groups excluding carboxylic acids is 1. The van der Waals surface area contributed by atoms with Gasteiger partial charge in [0.1, 0.15) is 0 Å². The van der Waals surface area contributed by atoms with Crippen LogP contribution in [0.5, 0.6) is 0 Å². The summed E-state index contributed by atoms with van der Waals surface area (Å²) < 4.78 is 12.0. The van der Waals surface area contributed by atoms with Crippen LogP contribution in [0.25, 0.3) is 0 Å². The van der Waals surface area contributed by atoms with E-state index in [0.29, 0.717) is 5.41 Å². The molecule has 0 heterocycles. The summed E-state index contributed by atoms with van der Waals surface area (Å²) in [6.45, 7) is 3.80. The molecule has 1 N–H and O–H groups in total. The summed E-state index contributed by atoms with van der Waals surface area (Å²) in [5.41, 5.74) is 0.430. The van der Waals surface area contributed by atoms with E-state index in [9.17, 15) is 14.3 Å². The van der Waals surface area contributed by atoms with E-state index in [2.05, 4.69) is 13.8 Å². The van der Waals surface area contributed by atoms with Crippen molar-refractivity contribution in [3.63, 3.8) is 0 Å². The smallest absolute Gasteiger partial charge is 0.161 e. The van der Waals surface area contributed by atoms with E-state index >= 15 is 0 Å². The third kappa shape index (κ3) is 3.82. The molecule has 0 saturated heterocycles. The van der Waals surface area contributed by atoms with Crippen LogP contribution in [0.3, 0.4) is 0 Å². The minimum Gasteiger partial charge on any atom is -0.512 e. The van der Waals surface area contributed by atoms with Crippen molar-refractivity contribution in [3.8, 4) is 0 Å². The van der Waals surface area contributed by atoms with Crippen LogP contribution in [-0.2, 0) is 4.79 Å². The molecule has 104 valence electrons. The summed E-state index contributed by atoms with van der Waals surface area (Å²) in [6, 6.07) is 0. The van der Waals surface area contributed by atoms with Crippen molar-refractivity contribution >= 4 is 5.78 Å². The molecule has 0 radical (unpaired) electrons. The van der Waals surface area contributed by atoms with Crippen molar-refractivity contribution in [2.75, 3.05) is 6.67 Å². The Morgan fingerprint density at radius 1 is 1.33 bits per heavy atom. The van der Waals surface area contributed by atoms with E-state index in [1.807, 2.05) is 0 Å². The number of ketones is 1. The standard InChI is InChI=1S/C15H25FO2/c1-3-15(4-2)8-5-12(6-9-15)14(18)11-13(17)7-10-16/h11-12,18H,3-10H2,1-2H3/b14-11-. The lowest BCUT2D eigenvalue weighted by molar-refractivity contribution is -0.115. The number of rotatable bonds is 6. The molecule has 1 aliphatic carbocycles. The number of carbonyl (C=O) groups is 1. The number of aliphatic hydroxyl groups excluding tert-OH is 1. The molecule has 0 amide bonds. The monoisotopic (exact) mass is 256 g/mol. The molecule has 0 aliphatic heterocycles. The molecule has 1 aliphatic rings. The Labute approximate surface area is 109 Å². The van der Waals surface area contributed by atoms with Gasteiger partial charge in [0.2, 0.25) is 0 Å². The second-order valence-electron chi connectivity index (χ2n) is 5.46. The third-order valence-electron chi connectivity index (χ3n) is 4.61. The fraction of sp³-hybridized carbons (Fsp3) is 0.800. The highest BCUT2D eigenvalue weighted by Gasteiger charge is 2.33. The predicted octanol–water partition coefficient (Wildman–Crippen LogP) is 4.35. The van der Waals surface area contributed by atoms with Gasteiger partial charge < -0.3 is 5.11 Å². The maximum absolute atomic E-state index is 12.0. The molecule has 0 aromatic rings. The Kier molecular flexibility index (Phi) is 5.83. The summed E-state index contributed by atoms with van der Waals surface area (Å²) in [4.78, 5) is 11.3. The molecule has 0 unspecified atom stereocenters. The molecule has 1 saturated carbocycles. The highest BCUT2D eigenvalue weighted by atomic mass is 19.1. The van der Waals surface area contributed by atoms with Crippen LogP contribution in [0.15, 0.2) is 11.8 Å². The van der Waals surface area contributed by atoms with Crippen molar-refractivity contribution in [2.24, 2.45) is 11.3 Å². The molecule has 18 heavy (non-hydrogen) atoms. The van der Waals surface area contributed by atoms with Gasteiger partial charge in [-0.1, -0.05) is 26.7 Å². The third-order valence-corrected chi connectivity index (χ3v) is 4.61. The van der Waals surface area contributed by atoms with Gasteiger partial charge in [0.15, 0.2) is 5.78 Å². The molecule has 0 bridgehead atoms. The first-order chi connectivity index (χ1) is 8.56. The molecule has 1 fully saturated rings. The lowest BCUT2D eigenvalue weighted by Crippen LogP contribution is -2.27. The van der Waals surface area contributed by atoms with Gasteiger partial charge in [-0.25, -0.2) is 0 Å². The maximum Gasteiger partial charge on any atom is 0.161 e. The Balaban J connectivity index is 2.54. The zero-order valence-corrected chi connectivity index (χ0v) is 11.5. The van der Waals surface area contributed by atoms with Crippen LogP contribution in [0.4, 0.5) is 4.39 Å². The first kappa shape index (κ1) is 15.2. The van der Waals surface area contributed by atoms with Crippen molar-refractivity contribution in [2.45, 2.75) is 58.8 Å². The zero-order chi connectivity index (χ0) is 13.6. The Morgan fingerprint density at radius 3 is 2.33 bits per heavy atom. The average Bonchev–Trinajstić information content (AvgIpc) is 2.39. The van der Waals surface area contributed by atoms with Gasteiger partial charge in [0.05, 0.1) is 12.4 Å². The predicted molar refractivity (Wildman–Crippen MR) is 71.3 cm³/mol. The number of allylic oxidation sites excluding steroid dienone is 2. The van der Waals surface area contributed by atoms with Gasteiger partial charge in [-0.05, 0) is 31.1 Å². The second-order valence-corrected chi connectivity index (χ2v) is 5.46. The summed E-state index contributed by atoms with van der Waals surface area (Å²) in [7, 11) is 0. The molecule has 0 atom stereocenters. The molecule has 0 aromatic heterocycles. The van der Waals surface area contributed by atoms with E-state index in [-0.39, 0.29) is 23.9 Å². The lowest BCUT2D eigenvalue weighted by Gasteiger charge is -2.38. The van der Waals surface area contributed by atoms with Crippen molar-refractivity contribution in [1.29, 1.82) is 0 Å². The van der Waals surface area contributed by atoms with Crippen molar-refractivity contribution in [3.05, 3.63) is 11.8 Å². The molecule has 3 heteroatoms. The highest BCUT2D eigenvalue weighted by Crippen LogP contribution is 2.45. The van der Waals surface area contributed by atoms with Crippen LogP contribution in [-0.4, -0.2) is 17.6 Å². The lowest BCUT2D eigenvalue weighted by atomic mass is 9.67. The second kappa shape index (κ2) is 6.91. The van der Waals surface area contributed by atoms with Gasteiger partial charge in [-0.2, -0.15) is 0 Å². The molecule has 0 spiro atoms. The minimum absolute atomic E-state index is 0.0970. The number of aliphatic hydroxyl groups is 1. The summed E-state index contributed by atoms with van der Waals surface area (Å²) in [5.74, 6) is -0.0492. The zero-order valence-electron chi connectivity index (χ0n) is 11.5. The topological polar surface area (TPSA) is 37.3 Å². The van der Waals surface area contributed by atoms with E-state index < -0.39 is 6.67 Å². The fourth-order valence-corrected chi connectivity index (χ4v) is 2.93. The average molecular weight is 256 g/mol. The number of alkyl halides is 1. The summed E-state index contributed by atoms with van der Waals surface area (Å²) >= 11 is 0. The van der Waals surface area contributed by atoms with Gasteiger partial charge in [0, 0.05) is 18.4 Å². The Hall–Kier alpha value is -0.860. The normalized spacial score (nSPS) is 20.9. The first-order valence-electron chi connectivity index (χ1n) is 7.06. The van der Waals surface area contributed by atoms with Crippen LogP contribution >= 0.6 is 0 Å². The van der Waals surface area contributed by atoms with E-state index in [1.165, 1.54) is 18.9 Å². The fourth-order valence-electron chi connectivity index (χ4n) is 2.93. The SMILES string of the molecule is CCC1(CC)CCC(/C(O)=C/C(=O)CCF)CC1.